The Balaban J connectivity index is 2.13. The quantitative estimate of drug-likeness (QED) is 0.908. The smallest absolute Gasteiger partial charge is 0.259 e. The van der Waals surface area contributed by atoms with Crippen molar-refractivity contribution in [2.24, 2.45) is 12.5 Å². The normalized spacial score (nSPS) is 23.4. The van der Waals surface area contributed by atoms with Gasteiger partial charge in [-0.15, -0.1) is 0 Å². The second kappa shape index (κ2) is 4.35. The largest absolute Gasteiger partial charge is 0.337 e. The summed E-state index contributed by atoms with van der Waals surface area (Å²) >= 11 is 0. The Morgan fingerprint density at radius 2 is 2.17 bits per heavy atom. The van der Waals surface area contributed by atoms with Crippen molar-refractivity contribution in [3.05, 3.63) is 12.0 Å². The maximum atomic E-state index is 12.2. The van der Waals surface area contributed by atoms with Crippen LogP contribution in [0.4, 0.5) is 0 Å². The van der Waals surface area contributed by atoms with Crippen molar-refractivity contribution in [1.82, 2.24) is 14.3 Å². The first kappa shape index (κ1) is 13.5. The number of hydrogen-bond acceptors (Lipinski definition) is 3. The molecule has 1 unspecified atom stereocenters. The highest BCUT2D eigenvalue weighted by molar-refractivity contribution is 7.89. The molecular weight excluding hydrogens is 250 g/mol. The van der Waals surface area contributed by atoms with Crippen LogP contribution in [0.3, 0.4) is 0 Å². The van der Waals surface area contributed by atoms with E-state index in [0.29, 0.717) is 5.82 Å². The molecular formula is C12H21N3O2S. The molecule has 102 valence electrons. The van der Waals surface area contributed by atoms with Crippen LogP contribution in [0.15, 0.2) is 11.2 Å². The number of rotatable bonds is 3. The summed E-state index contributed by atoms with van der Waals surface area (Å²) in [4.78, 5) is 4.07. The molecule has 1 aromatic rings. The third-order valence-corrected chi connectivity index (χ3v) is 5.04. The Labute approximate surface area is 109 Å². The second-order valence-electron chi connectivity index (χ2n) is 5.96. The maximum absolute atomic E-state index is 12.2. The van der Waals surface area contributed by atoms with Crippen molar-refractivity contribution in [1.29, 1.82) is 0 Å². The third-order valence-electron chi connectivity index (χ3n) is 3.65. The Morgan fingerprint density at radius 3 is 2.61 bits per heavy atom. The molecule has 0 amide bonds. The monoisotopic (exact) mass is 271 g/mol. The van der Waals surface area contributed by atoms with E-state index in [0.717, 1.165) is 19.3 Å². The minimum absolute atomic E-state index is 0.0345. The van der Waals surface area contributed by atoms with E-state index in [1.54, 1.807) is 24.7 Å². The maximum Gasteiger partial charge on any atom is 0.259 e. The molecule has 6 heteroatoms. The van der Waals surface area contributed by atoms with Crippen molar-refractivity contribution >= 4 is 10.0 Å². The average molecular weight is 271 g/mol. The molecule has 1 aromatic heterocycles. The van der Waals surface area contributed by atoms with Gasteiger partial charge in [-0.05, 0) is 31.6 Å². The molecule has 1 N–H and O–H groups in total. The van der Waals surface area contributed by atoms with Gasteiger partial charge < -0.3 is 4.57 Å². The number of aryl methyl sites for hydroxylation is 2. The van der Waals surface area contributed by atoms with Gasteiger partial charge in [0.1, 0.15) is 5.82 Å². The van der Waals surface area contributed by atoms with Crippen molar-refractivity contribution in [3.8, 4) is 0 Å². The number of sulfonamides is 1. The van der Waals surface area contributed by atoms with Crippen molar-refractivity contribution in [3.63, 3.8) is 0 Å². The number of hydrogen-bond donors (Lipinski definition) is 1. The summed E-state index contributed by atoms with van der Waals surface area (Å²) in [6.45, 7) is 6.14. The predicted octanol–water partition coefficient (Wildman–Crippen LogP) is 1.59. The Morgan fingerprint density at radius 1 is 1.50 bits per heavy atom. The number of aromatic nitrogens is 2. The van der Waals surface area contributed by atoms with Crippen molar-refractivity contribution < 1.29 is 8.42 Å². The van der Waals surface area contributed by atoms with Crippen LogP contribution in [0.25, 0.3) is 0 Å². The lowest BCUT2D eigenvalue weighted by atomic mass is 9.92. The number of imidazole rings is 1. The first-order valence-corrected chi connectivity index (χ1v) is 7.70. The molecule has 5 nitrogen and oxygen atoms in total. The molecule has 2 rings (SSSR count). The van der Waals surface area contributed by atoms with E-state index in [4.69, 9.17) is 0 Å². The van der Waals surface area contributed by atoms with Crippen LogP contribution in [0, 0.1) is 12.3 Å². The highest BCUT2D eigenvalue weighted by atomic mass is 32.2. The van der Waals surface area contributed by atoms with Gasteiger partial charge in [-0.2, -0.15) is 0 Å². The van der Waals surface area contributed by atoms with Gasteiger partial charge in [-0.1, -0.05) is 13.8 Å². The van der Waals surface area contributed by atoms with E-state index in [2.05, 4.69) is 23.6 Å². The molecule has 1 saturated carbocycles. The van der Waals surface area contributed by atoms with Crippen molar-refractivity contribution in [2.45, 2.75) is 51.1 Å². The fourth-order valence-corrected chi connectivity index (χ4v) is 3.78. The lowest BCUT2D eigenvalue weighted by Gasteiger charge is -2.17. The molecule has 0 aromatic carbocycles. The van der Waals surface area contributed by atoms with Gasteiger partial charge >= 0.3 is 0 Å². The highest BCUT2D eigenvalue weighted by Crippen LogP contribution is 2.37. The molecule has 1 atom stereocenters. The first-order chi connectivity index (χ1) is 8.20. The van der Waals surface area contributed by atoms with Gasteiger partial charge in [0.2, 0.25) is 0 Å². The molecule has 0 saturated heterocycles. The first-order valence-electron chi connectivity index (χ1n) is 6.22. The summed E-state index contributed by atoms with van der Waals surface area (Å²) in [5.74, 6) is 0.696. The van der Waals surface area contributed by atoms with Crippen LogP contribution < -0.4 is 4.72 Å². The van der Waals surface area contributed by atoms with Crippen LogP contribution in [0.5, 0.6) is 0 Å². The van der Waals surface area contributed by atoms with Gasteiger partial charge in [0.25, 0.3) is 10.0 Å². The number of nitrogens with zero attached hydrogens (tertiary/aromatic N) is 2. The summed E-state index contributed by atoms with van der Waals surface area (Å²) < 4.78 is 28.8. The van der Waals surface area contributed by atoms with Crippen LogP contribution in [0.2, 0.25) is 0 Å². The molecule has 1 heterocycles. The van der Waals surface area contributed by atoms with E-state index in [1.807, 2.05) is 0 Å². The zero-order chi connectivity index (χ0) is 13.6. The molecule has 0 spiro atoms. The van der Waals surface area contributed by atoms with Gasteiger partial charge in [-0.25, -0.2) is 18.1 Å². The third kappa shape index (κ3) is 2.75. The summed E-state index contributed by atoms with van der Waals surface area (Å²) in [7, 11) is -1.69. The Hall–Kier alpha value is -0.880. The van der Waals surface area contributed by atoms with E-state index < -0.39 is 10.0 Å². The van der Waals surface area contributed by atoms with E-state index in [1.165, 1.54) is 0 Å². The standard InChI is InChI=1S/C12H21N3O2S/c1-9-13-11(8-15(9)4)18(16,17)14-10-5-6-12(2,3)7-10/h8,10,14H,5-7H2,1-4H3. The van der Waals surface area contributed by atoms with Crippen LogP contribution in [0.1, 0.15) is 38.9 Å². The molecule has 0 radical (unpaired) electrons. The Kier molecular flexibility index (Phi) is 3.27. The van der Waals surface area contributed by atoms with E-state index >= 15 is 0 Å². The zero-order valence-electron chi connectivity index (χ0n) is 11.4. The number of nitrogens with one attached hydrogen (secondary N) is 1. The van der Waals surface area contributed by atoms with E-state index in [-0.39, 0.29) is 16.5 Å². The molecule has 0 aliphatic heterocycles. The molecule has 1 aliphatic carbocycles. The topological polar surface area (TPSA) is 64.0 Å². The zero-order valence-corrected chi connectivity index (χ0v) is 12.2. The second-order valence-corrected chi connectivity index (χ2v) is 7.62. The van der Waals surface area contributed by atoms with Crippen LogP contribution in [-0.2, 0) is 17.1 Å². The van der Waals surface area contributed by atoms with E-state index in [9.17, 15) is 8.42 Å². The van der Waals surface area contributed by atoms with Crippen molar-refractivity contribution in [2.75, 3.05) is 0 Å². The molecule has 1 fully saturated rings. The Bertz CT molecular complexity index is 526. The van der Waals surface area contributed by atoms with Gasteiger partial charge in [0.15, 0.2) is 5.03 Å². The van der Waals surface area contributed by atoms with Crippen LogP contribution in [-0.4, -0.2) is 24.0 Å². The predicted molar refractivity (Wildman–Crippen MR) is 69.7 cm³/mol. The fraction of sp³-hybridized carbons (Fsp3) is 0.750. The summed E-state index contributed by atoms with van der Waals surface area (Å²) in [6.07, 6.45) is 4.40. The lowest BCUT2D eigenvalue weighted by Crippen LogP contribution is -2.33. The van der Waals surface area contributed by atoms with Crippen LogP contribution >= 0.6 is 0 Å². The minimum atomic E-state index is -3.48. The molecule has 1 aliphatic rings. The fourth-order valence-electron chi connectivity index (χ4n) is 2.47. The van der Waals surface area contributed by atoms with Gasteiger partial charge in [0, 0.05) is 19.3 Å². The SMILES string of the molecule is Cc1nc(S(=O)(=O)NC2CCC(C)(C)C2)cn1C. The highest BCUT2D eigenvalue weighted by Gasteiger charge is 2.34. The summed E-state index contributed by atoms with van der Waals surface area (Å²) in [5, 5.41) is 0.118. The summed E-state index contributed by atoms with van der Waals surface area (Å²) in [5.41, 5.74) is 0.229. The van der Waals surface area contributed by atoms with Gasteiger partial charge in [-0.3, -0.25) is 0 Å². The molecule has 0 bridgehead atoms. The summed E-state index contributed by atoms with van der Waals surface area (Å²) in [6, 6.07) is 0.0345. The minimum Gasteiger partial charge on any atom is -0.337 e. The molecule has 18 heavy (non-hydrogen) atoms. The lowest BCUT2D eigenvalue weighted by molar-refractivity contribution is 0.372. The average Bonchev–Trinajstić information content (AvgIpc) is 2.71. The van der Waals surface area contributed by atoms with Gasteiger partial charge in [0.05, 0.1) is 0 Å².